The van der Waals surface area contributed by atoms with Gasteiger partial charge < -0.3 is 0 Å². The van der Waals surface area contributed by atoms with E-state index in [2.05, 4.69) is 56.1 Å². The summed E-state index contributed by atoms with van der Waals surface area (Å²) in [4.78, 5) is 4.84. The third-order valence-corrected chi connectivity index (χ3v) is 4.82. The minimum absolute atomic E-state index is 0.0608. The van der Waals surface area contributed by atoms with Gasteiger partial charge in [-0.3, -0.25) is 10.0 Å². The van der Waals surface area contributed by atoms with E-state index in [1.54, 1.807) is 0 Å². The molecule has 1 aliphatic heterocycles. The van der Waals surface area contributed by atoms with Crippen LogP contribution in [0.3, 0.4) is 0 Å². The van der Waals surface area contributed by atoms with Crippen LogP contribution in [0.4, 0.5) is 11.4 Å². The second-order valence-electron chi connectivity index (χ2n) is 6.40. The van der Waals surface area contributed by atoms with Gasteiger partial charge in [-0.15, -0.1) is 0 Å². The van der Waals surface area contributed by atoms with Gasteiger partial charge in [-0.2, -0.15) is 5.10 Å². The molecular weight excluding hydrogens is 294 g/mol. The number of fused-ring (bicyclic) bond motifs is 1. The fourth-order valence-corrected chi connectivity index (χ4v) is 3.16. The van der Waals surface area contributed by atoms with Gasteiger partial charge in [-0.1, -0.05) is 50.2 Å². The predicted octanol–water partition coefficient (Wildman–Crippen LogP) is 5.34. The first kappa shape index (κ1) is 16.4. The van der Waals surface area contributed by atoms with Crippen LogP contribution in [0.15, 0.2) is 64.7 Å². The summed E-state index contributed by atoms with van der Waals surface area (Å²) in [6, 6.07) is 18.7. The Bertz CT molecular complexity index is 749. The van der Waals surface area contributed by atoms with Gasteiger partial charge in [0.2, 0.25) is 0 Å². The molecule has 1 atom stereocenters. The fraction of sp³-hybridized carbons (Fsp3) is 0.333. The summed E-state index contributed by atoms with van der Waals surface area (Å²) in [5, 5.41) is 6.83. The molecule has 2 aromatic carbocycles. The van der Waals surface area contributed by atoms with Crippen LogP contribution < -0.4 is 5.01 Å². The number of para-hydroxylation sites is 2. The molecule has 0 fully saturated rings. The quantitative estimate of drug-likeness (QED) is 0.521. The van der Waals surface area contributed by atoms with Crippen molar-refractivity contribution in [3.63, 3.8) is 0 Å². The zero-order chi connectivity index (χ0) is 17.0. The Hall–Kier alpha value is -2.42. The zero-order valence-corrected chi connectivity index (χ0v) is 14.7. The highest BCUT2D eigenvalue weighted by Crippen LogP contribution is 2.41. The van der Waals surface area contributed by atoms with Crippen LogP contribution in [0.25, 0.3) is 0 Å². The van der Waals surface area contributed by atoms with Gasteiger partial charge >= 0.3 is 0 Å². The lowest BCUT2D eigenvalue weighted by Gasteiger charge is -2.25. The normalized spacial score (nSPS) is 19.4. The minimum Gasteiger partial charge on any atom is -0.266 e. The molecule has 0 amide bonds. The Kier molecular flexibility index (Phi) is 4.79. The molecule has 3 heteroatoms. The second-order valence-corrected chi connectivity index (χ2v) is 6.40. The van der Waals surface area contributed by atoms with Crippen LogP contribution in [0, 0.1) is 0 Å². The molecule has 0 radical (unpaired) electrons. The van der Waals surface area contributed by atoms with E-state index >= 15 is 0 Å². The smallest absolute Gasteiger partial charge is 0.0714 e. The molecular formula is C21H25N3. The highest BCUT2D eigenvalue weighted by molar-refractivity contribution is 6.37. The molecule has 0 spiro atoms. The van der Waals surface area contributed by atoms with E-state index in [1.807, 2.05) is 30.5 Å². The molecule has 1 unspecified atom stereocenters. The topological polar surface area (TPSA) is 28.0 Å². The van der Waals surface area contributed by atoms with Crippen molar-refractivity contribution < 1.29 is 0 Å². The molecule has 0 bridgehead atoms. The third kappa shape index (κ3) is 2.99. The molecule has 2 aromatic rings. The lowest BCUT2D eigenvalue weighted by molar-refractivity contribution is 0.632. The van der Waals surface area contributed by atoms with Crippen molar-refractivity contribution in [2.45, 2.75) is 39.0 Å². The molecule has 1 heterocycles. The van der Waals surface area contributed by atoms with E-state index < -0.39 is 0 Å². The first-order valence-corrected chi connectivity index (χ1v) is 8.74. The Morgan fingerprint density at radius 3 is 2.46 bits per heavy atom. The Morgan fingerprint density at radius 2 is 1.75 bits per heavy atom. The fourth-order valence-electron chi connectivity index (χ4n) is 3.16. The summed E-state index contributed by atoms with van der Waals surface area (Å²) in [6.45, 7) is 7.54. The standard InChI is InChI=1S/C21H25N3/c1-4-15-24(17-11-7-6-8-12-17)22-16-20-21(3,5-2)18-13-9-10-14-19(18)23-20/h6-14,16H,4-5,15H2,1-3H3. The van der Waals surface area contributed by atoms with Gasteiger partial charge in [0.1, 0.15) is 0 Å². The summed E-state index contributed by atoms with van der Waals surface area (Å²) < 4.78 is 0. The SMILES string of the molecule is CCCN(N=CC1=Nc2ccccc2C1(C)CC)c1ccccc1. The van der Waals surface area contributed by atoms with E-state index in [-0.39, 0.29) is 5.41 Å². The average Bonchev–Trinajstić information content (AvgIpc) is 2.92. The summed E-state index contributed by atoms with van der Waals surface area (Å²) in [5.41, 5.74) is 4.48. The number of anilines is 1. The maximum absolute atomic E-state index is 4.84. The van der Waals surface area contributed by atoms with Crippen molar-refractivity contribution >= 4 is 23.3 Å². The van der Waals surface area contributed by atoms with Gasteiger partial charge in [-0.05, 0) is 43.5 Å². The summed E-state index contributed by atoms with van der Waals surface area (Å²) in [5.74, 6) is 0. The molecule has 0 saturated heterocycles. The van der Waals surface area contributed by atoms with Gasteiger partial charge in [0, 0.05) is 12.0 Å². The van der Waals surface area contributed by atoms with Crippen LogP contribution in [-0.4, -0.2) is 18.5 Å². The van der Waals surface area contributed by atoms with Crippen molar-refractivity contribution in [2.24, 2.45) is 10.1 Å². The number of hydrazone groups is 1. The van der Waals surface area contributed by atoms with Crippen molar-refractivity contribution in [3.8, 4) is 0 Å². The molecule has 3 nitrogen and oxygen atoms in total. The van der Waals surface area contributed by atoms with Gasteiger partial charge in [0.05, 0.1) is 23.3 Å². The van der Waals surface area contributed by atoms with Crippen LogP contribution in [0.1, 0.15) is 39.2 Å². The zero-order valence-electron chi connectivity index (χ0n) is 14.7. The average molecular weight is 319 g/mol. The lowest BCUT2D eigenvalue weighted by atomic mass is 9.77. The van der Waals surface area contributed by atoms with Crippen molar-refractivity contribution in [3.05, 3.63) is 60.2 Å². The van der Waals surface area contributed by atoms with Crippen molar-refractivity contribution in [2.75, 3.05) is 11.6 Å². The van der Waals surface area contributed by atoms with Gasteiger partial charge in [0.15, 0.2) is 0 Å². The largest absolute Gasteiger partial charge is 0.266 e. The van der Waals surface area contributed by atoms with E-state index in [0.29, 0.717) is 0 Å². The summed E-state index contributed by atoms with van der Waals surface area (Å²) in [7, 11) is 0. The van der Waals surface area contributed by atoms with Crippen LogP contribution in [0.2, 0.25) is 0 Å². The molecule has 124 valence electrons. The highest BCUT2D eigenvalue weighted by Gasteiger charge is 2.36. The maximum Gasteiger partial charge on any atom is 0.0714 e. The van der Waals surface area contributed by atoms with E-state index in [4.69, 9.17) is 10.1 Å². The predicted molar refractivity (Wildman–Crippen MR) is 104 cm³/mol. The highest BCUT2D eigenvalue weighted by atomic mass is 15.4. The minimum atomic E-state index is -0.0608. The number of hydrogen-bond acceptors (Lipinski definition) is 3. The van der Waals surface area contributed by atoms with Gasteiger partial charge in [0.25, 0.3) is 0 Å². The number of nitrogens with zero attached hydrogens (tertiary/aromatic N) is 3. The summed E-state index contributed by atoms with van der Waals surface area (Å²) >= 11 is 0. The monoisotopic (exact) mass is 319 g/mol. The van der Waals surface area contributed by atoms with Gasteiger partial charge in [-0.25, -0.2) is 0 Å². The van der Waals surface area contributed by atoms with E-state index in [9.17, 15) is 0 Å². The number of hydrogen-bond donors (Lipinski definition) is 0. The molecule has 0 aliphatic carbocycles. The van der Waals surface area contributed by atoms with Crippen LogP contribution in [0.5, 0.6) is 0 Å². The van der Waals surface area contributed by atoms with Crippen molar-refractivity contribution in [1.82, 2.24) is 0 Å². The first-order valence-electron chi connectivity index (χ1n) is 8.74. The molecule has 3 rings (SSSR count). The maximum atomic E-state index is 4.84. The molecule has 24 heavy (non-hydrogen) atoms. The first-order chi connectivity index (χ1) is 11.7. The van der Waals surface area contributed by atoms with Crippen molar-refractivity contribution in [1.29, 1.82) is 0 Å². The number of aliphatic imine (C=N–C) groups is 1. The molecule has 0 N–H and O–H groups in total. The Morgan fingerprint density at radius 1 is 1.04 bits per heavy atom. The molecule has 1 aliphatic rings. The number of benzene rings is 2. The Balaban J connectivity index is 1.90. The van der Waals surface area contributed by atoms with Crippen LogP contribution in [-0.2, 0) is 5.41 Å². The van der Waals surface area contributed by atoms with E-state index in [1.165, 1.54) is 5.56 Å². The molecule has 0 aromatic heterocycles. The second kappa shape index (κ2) is 7.00. The third-order valence-electron chi connectivity index (χ3n) is 4.82. The Labute approximate surface area is 144 Å². The summed E-state index contributed by atoms with van der Waals surface area (Å²) in [6.07, 6.45) is 4.00. The number of rotatable bonds is 6. The lowest BCUT2D eigenvalue weighted by Crippen LogP contribution is -2.31. The van der Waals surface area contributed by atoms with Crippen LogP contribution >= 0.6 is 0 Å². The van der Waals surface area contributed by atoms with E-state index in [0.717, 1.165) is 36.5 Å². The molecule has 0 saturated carbocycles.